The van der Waals surface area contributed by atoms with Crippen molar-refractivity contribution in [3.63, 3.8) is 0 Å². The number of anilines is 2. The number of pyridine rings is 2. The van der Waals surface area contributed by atoms with Crippen molar-refractivity contribution in [2.45, 2.75) is 0 Å². The van der Waals surface area contributed by atoms with Gasteiger partial charge in [0.15, 0.2) is 0 Å². The van der Waals surface area contributed by atoms with Crippen LogP contribution in [0.3, 0.4) is 0 Å². The van der Waals surface area contributed by atoms with E-state index in [0.717, 1.165) is 75.4 Å². The van der Waals surface area contributed by atoms with Gasteiger partial charge in [0.2, 0.25) is 0 Å². The van der Waals surface area contributed by atoms with Gasteiger partial charge < -0.3 is 19.3 Å². The largest absolute Gasteiger partial charge is 0.378 e. The van der Waals surface area contributed by atoms with Gasteiger partial charge in [0, 0.05) is 49.9 Å². The molecule has 4 heterocycles. The predicted octanol–water partition coefficient (Wildman–Crippen LogP) is 5.34. The Labute approximate surface area is 235 Å². The molecule has 204 valence electrons. The van der Waals surface area contributed by atoms with E-state index in [2.05, 4.69) is 54.0 Å². The van der Waals surface area contributed by atoms with Crippen molar-refractivity contribution in [2.24, 2.45) is 9.98 Å². The first-order chi connectivity index (χ1) is 19.8. The summed E-state index contributed by atoms with van der Waals surface area (Å²) in [7, 11) is 0. The SMILES string of the molecule is C(=Nc1ccc(N2CCOCC2)cc1)c1ccccn1.C(=Nc1ccc(N2CCOCC2)cc1)c1ccccn1. The number of benzene rings is 2. The standard InChI is InChI=1S/2C16H17N3O/c2*1-2-8-17-15(3-1)13-18-14-4-6-16(7-5-14)19-9-11-20-12-10-19/h2*1-8,13H,9-12H2. The van der Waals surface area contributed by atoms with Crippen LogP contribution in [0.5, 0.6) is 0 Å². The fourth-order valence-corrected chi connectivity index (χ4v) is 4.33. The second kappa shape index (κ2) is 14.7. The summed E-state index contributed by atoms with van der Waals surface area (Å²) in [5.41, 5.74) is 6.06. The molecular weight excluding hydrogens is 500 g/mol. The third-order valence-corrected chi connectivity index (χ3v) is 6.52. The van der Waals surface area contributed by atoms with Gasteiger partial charge in [0.05, 0.1) is 61.6 Å². The summed E-state index contributed by atoms with van der Waals surface area (Å²) < 4.78 is 10.7. The highest BCUT2D eigenvalue weighted by Crippen LogP contribution is 2.21. The van der Waals surface area contributed by atoms with Crippen molar-refractivity contribution in [1.29, 1.82) is 0 Å². The Morgan fingerprint density at radius 1 is 0.525 bits per heavy atom. The number of aromatic nitrogens is 2. The lowest BCUT2D eigenvalue weighted by Crippen LogP contribution is -2.36. The van der Waals surface area contributed by atoms with Gasteiger partial charge in [-0.2, -0.15) is 0 Å². The van der Waals surface area contributed by atoms with Crippen molar-refractivity contribution in [1.82, 2.24) is 9.97 Å². The van der Waals surface area contributed by atoms with Gasteiger partial charge in [0.25, 0.3) is 0 Å². The summed E-state index contributed by atoms with van der Waals surface area (Å²) in [6, 6.07) is 28.1. The van der Waals surface area contributed by atoms with Gasteiger partial charge in [-0.1, -0.05) is 12.1 Å². The van der Waals surface area contributed by atoms with Crippen molar-refractivity contribution in [2.75, 3.05) is 62.4 Å². The molecule has 40 heavy (non-hydrogen) atoms. The fraction of sp³-hybridized carbons (Fsp3) is 0.250. The number of ether oxygens (including phenoxy) is 2. The lowest BCUT2D eigenvalue weighted by Gasteiger charge is -2.28. The molecule has 8 nitrogen and oxygen atoms in total. The number of morpholine rings is 2. The molecule has 0 unspecified atom stereocenters. The van der Waals surface area contributed by atoms with Crippen LogP contribution in [0, 0.1) is 0 Å². The zero-order chi connectivity index (χ0) is 27.2. The van der Waals surface area contributed by atoms with E-state index in [1.807, 2.05) is 60.7 Å². The summed E-state index contributed by atoms with van der Waals surface area (Å²) in [6.45, 7) is 7.04. The molecule has 2 aromatic carbocycles. The summed E-state index contributed by atoms with van der Waals surface area (Å²) in [6.07, 6.45) is 7.10. The maximum absolute atomic E-state index is 5.36. The second-order valence-electron chi connectivity index (χ2n) is 9.26. The van der Waals surface area contributed by atoms with Gasteiger partial charge in [0.1, 0.15) is 0 Å². The fourth-order valence-electron chi connectivity index (χ4n) is 4.33. The molecule has 0 N–H and O–H groups in total. The molecule has 0 spiro atoms. The van der Waals surface area contributed by atoms with Gasteiger partial charge in [-0.3, -0.25) is 20.0 Å². The highest BCUT2D eigenvalue weighted by atomic mass is 16.5. The number of rotatable bonds is 6. The minimum atomic E-state index is 0.805. The van der Waals surface area contributed by atoms with Crippen LogP contribution in [0.4, 0.5) is 22.7 Å². The molecule has 0 saturated carbocycles. The molecule has 4 aromatic rings. The van der Waals surface area contributed by atoms with Gasteiger partial charge in [-0.15, -0.1) is 0 Å². The molecule has 0 atom stereocenters. The summed E-state index contributed by atoms with van der Waals surface area (Å²) in [5.74, 6) is 0. The second-order valence-corrected chi connectivity index (χ2v) is 9.26. The van der Waals surface area contributed by atoms with Crippen LogP contribution in [0.25, 0.3) is 0 Å². The van der Waals surface area contributed by atoms with Crippen LogP contribution in [-0.2, 0) is 9.47 Å². The Kier molecular flexibility index (Phi) is 9.97. The van der Waals surface area contributed by atoms with Crippen LogP contribution >= 0.6 is 0 Å². The van der Waals surface area contributed by atoms with E-state index in [1.54, 1.807) is 24.8 Å². The van der Waals surface area contributed by atoms with E-state index in [1.165, 1.54) is 11.4 Å². The first kappa shape index (κ1) is 27.2. The molecule has 6 rings (SSSR count). The van der Waals surface area contributed by atoms with Crippen LogP contribution in [0.2, 0.25) is 0 Å². The average Bonchev–Trinajstić information content (AvgIpc) is 3.05. The topological polar surface area (TPSA) is 75.4 Å². The van der Waals surface area contributed by atoms with Gasteiger partial charge in [-0.05, 0) is 72.8 Å². The average molecular weight is 535 g/mol. The first-order valence-corrected chi connectivity index (χ1v) is 13.6. The molecule has 2 saturated heterocycles. The lowest BCUT2D eigenvalue weighted by molar-refractivity contribution is 0.122. The van der Waals surface area contributed by atoms with E-state index >= 15 is 0 Å². The zero-order valence-corrected chi connectivity index (χ0v) is 22.5. The highest BCUT2D eigenvalue weighted by molar-refractivity contribution is 5.80. The van der Waals surface area contributed by atoms with Crippen LogP contribution in [-0.4, -0.2) is 75.0 Å². The van der Waals surface area contributed by atoms with Crippen molar-refractivity contribution in [3.05, 3.63) is 109 Å². The molecule has 8 heteroatoms. The molecule has 0 bridgehead atoms. The zero-order valence-electron chi connectivity index (χ0n) is 22.5. The quantitative estimate of drug-likeness (QED) is 0.311. The minimum absolute atomic E-state index is 0.805. The van der Waals surface area contributed by atoms with Crippen molar-refractivity contribution >= 4 is 35.2 Å². The lowest BCUT2D eigenvalue weighted by atomic mass is 10.2. The Hall–Kier alpha value is -4.40. The van der Waals surface area contributed by atoms with E-state index in [9.17, 15) is 0 Å². The van der Waals surface area contributed by atoms with Crippen LogP contribution < -0.4 is 9.80 Å². The van der Waals surface area contributed by atoms with Crippen molar-refractivity contribution < 1.29 is 9.47 Å². The van der Waals surface area contributed by atoms with E-state index in [-0.39, 0.29) is 0 Å². The maximum atomic E-state index is 5.36. The third-order valence-electron chi connectivity index (χ3n) is 6.52. The van der Waals surface area contributed by atoms with E-state index < -0.39 is 0 Å². The molecular formula is C32H34N6O2. The molecule has 2 aliphatic heterocycles. The number of hydrogen-bond donors (Lipinski definition) is 0. The number of nitrogens with zero attached hydrogens (tertiary/aromatic N) is 6. The molecule has 0 amide bonds. The summed E-state index contributed by atoms with van der Waals surface area (Å²) in [5, 5.41) is 0. The molecule has 0 aliphatic carbocycles. The minimum Gasteiger partial charge on any atom is -0.378 e. The number of hydrogen-bond acceptors (Lipinski definition) is 8. The number of aliphatic imine (C=N–C) groups is 2. The monoisotopic (exact) mass is 534 g/mol. The smallest absolute Gasteiger partial charge is 0.0812 e. The van der Waals surface area contributed by atoms with Gasteiger partial charge >= 0.3 is 0 Å². The van der Waals surface area contributed by atoms with Gasteiger partial charge in [-0.25, -0.2) is 0 Å². The van der Waals surface area contributed by atoms with Crippen molar-refractivity contribution in [3.8, 4) is 0 Å². The third kappa shape index (κ3) is 8.30. The van der Waals surface area contributed by atoms with E-state index in [0.29, 0.717) is 0 Å². The highest BCUT2D eigenvalue weighted by Gasteiger charge is 2.11. The molecule has 2 aromatic heterocycles. The predicted molar refractivity (Wildman–Crippen MR) is 162 cm³/mol. The summed E-state index contributed by atoms with van der Waals surface area (Å²) >= 11 is 0. The summed E-state index contributed by atoms with van der Waals surface area (Å²) in [4.78, 5) is 21.9. The Morgan fingerprint density at radius 3 is 1.27 bits per heavy atom. The maximum Gasteiger partial charge on any atom is 0.0812 e. The normalized spacial score (nSPS) is 15.7. The molecule has 2 fully saturated rings. The molecule has 0 radical (unpaired) electrons. The van der Waals surface area contributed by atoms with E-state index in [4.69, 9.17) is 9.47 Å². The molecule has 2 aliphatic rings. The Balaban J connectivity index is 0.000000161. The first-order valence-electron chi connectivity index (χ1n) is 13.6. The Bertz CT molecular complexity index is 1230. The van der Waals surface area contributed by atoms with Crippen LogP contribution in [0.1, 0.15) is 11.4 Å². The Morgan fingerprint density at radius 2 is 0.925 bits per heavy atom. The van der Waals surface area contributed by atoms with Crippen LogP contribution in [0.15, 0.2) is 107 Å².